The molecule has 2 N–H and O–H groups in total. The standard InChI is InChI=1S/C18H28BNO4/c1-17(2)18(3,4)24-19(23-17)14-5-6-16(15(20)11-14)22-12-13-7-9-21-10-8-13/h5-6,11,13H,7-10,12,20H2,1-4H3. The average molecular weight is 333 g/mol. The van der Waals surface area contributed by atoms with E-state index in [9.17, 15) is 0 Å². The average Bonchev–Trinajstić information content (AvgIpc) is 2.75. The summed E-state index contributed by atoms with van der Waals surface area (Å²) < 4.78 is 23.4. The van der Waals surface area contributed by atoms with Gasteiger partial charge in [-0.25, -0.2) is 0 Å². The van der Waals surface area contributed by atoms with Crippen LogP contribution < -0.4 is 15.9 Å². The third-order valence-electron chi connectivity index (χ3n) is 5.37. The van der Waals surface area contributed by atoms with Gasteiger partial charge in [0.1, 0.15) is 5.75 Å². The molecule has 3 rings (SSSR count). The minimum absolute atomic E-state index is 0.356. The van der Waals surface area contributed by atoms with Crippen molar-refractivity contribution >= 4 is 18.3 Å². The molecule has 0 spiro atoms. The summed E-state index contributed by atoms with van der Waals surface area (Å²) >= 11 is 0. The molecule has 5 nitrogen and oxygen atoms in total. The van der Waals surface area contributed by atoms with E-state index in [0.29, 0.717) is 18.2 Å². The quantitative estimate of drug-likeness (QED) is 0.677. The van der Waals surface area contributed by atoms with E-state index in [0.717, 1.165) is 37.3 Å². The molecule has 0 unspecified atom stereocenters. The van der Waals surface area contributed by atoms with Gasteiger partial charge in [-0.1, -0.05) is 6.07 Å². The van der Waals surface area contributed by atoms with Crippen LogP contribution in [0.1, 0.15) is 40.5 Å². The Bertz CT molecular complexity index is 568. The largest absolute Gasteiger partial charge is 0.494 e. The van der Waals surface area contributed by atoms with Gasteiger partial charge in [0.15, 0.2) is 0 Å². The smallest absolute Gasteiger partial charge is 0.491 e. The molecule has 0 aliphatic carbocycles. The second-order valence-corrected chi connectivity index (χ2v) is 7.75. The summed E-state index contributed by atoms with van der Waals surface area (Å²) in [6.07, 6.45) is 2.10. The lowest BCUT2D eigenvalue weighted by Gasteiger charge is -2.32. The molecule has 0 amide bonds. The fraction of sp³-hybridized carbons (Fsp3) is 0.667. The number of hydrogen-bond acceptors (Lipinski definition) is 5. The van der Waals surface area contributed by atoms with Crippen LogP contribution in [0, 0.1) is 5.92 Å². The molecule has 2 fully saturated rings. The SMILES string of the molecule is CC1(C)OB(c2ccc(OCC3CCOCC3)c(N)c2)OC1(C)C. The second kappa shape index (κ2) is 6.58. The minimum Gasteiger partial charge on any atom is -0.491 e. The van der Waals surface area contributed by atoms with Crippen LogP contribution in [-0.4, -0.2) is 38.1 Å². The number of nitrogen functional groups attached to an aromatic ring is 1. The molecule has 2 heterocycles. The molecule has 0 radical (unpaired) electrons. The van der Waals surface area contributed by atoms with Gasteiger partial charge in [-0.05, 0) is 64.1 Å². The van der Waals surface area contributed by atoms with Gasteiger partial charge in [0, 0.05) is 13.2 Å². The topological polar surface area (TPSA) is 62.9 Å². The zero-order chi connectivity index (χ0) is 17.4. The van der Waals surface area contributed by atoms with Crippen LogP contribution in [0.3, 0.4) is 0 Å². The van der Waals surface area contributed by atoms with Crippen LogP contribution in [0.15, 0.2) is 18.2 Å². The van der Waals surface area contributed by atoms with Gasteiger partial charge < -0.3 is 24.5 Å². The first-order chi connectivity index (χ1) is 11.3. The maximum Gasteiger partial charge on any atom is 0.494 e. The van der Waals surface area contributed by atoms with Crippen LogP contribution in [0.2, 0.25) is 0 Å². The van der Waals surface area contributed by atoms with Crippen LogP contribution in [0.5, 0.6) is 5.75 Å². The maximum atomic E-state index is 6.18. The van der Waals surface area contributed by atoms with Crippen molar-refractivity contribution in [3.63, 3.8) is 0 Å². The van der Waals surface area contributed by atoms with Gasteiger partial charge in [0.05, 0.1) is 23.5 Å². The number of ether oxygens (including phenoxy) is 2. The summed E-state index contributed by atoms with van der Waals surface area (Å²) in [7, 11) is -0.401. The zero-order valence-corrected chi connectivity index (χ0v) is 15.1. The Hall–Kier alpha value is -1.24. The van der Waals surface area contributed by atoms with E-state index in [1.807, 2.05) is 45.9 Å². The molecule has 0 saturated carbocycles. The Balaban J connectivity index is 1.64. The van der Waals surface area contributed by atoms with E-state index in [1.165, 1.54) is 0 Å². The molecule has 1 aromatic carbocycles. The molecule has 0 atom stereocenters. The lowest BCUT2D eigenvalue weighted by molar-refractivity contribution is 0.00578. The number of benzene rings is 1. The fourth-order valence-electron chi connectivity index (χ4n) is 2.94. The molecule has 132 valence electrons. The molecule has 0 aromatic heterocycles. The van der Waals surface area contributed by atoms with Gasteiger partial charge in [0.25, 0.3) is 0 Å². The van der Waals surface area contributed by atoms with Crippen molar-refractivity contribution in [3.8, 4) is 5.75 Å². The van der Waals surface area contributed by atoms with E-state index in [4.69, 9.17) is 24.5 Å². The third kappa shape index (κ3) is 3.56. The third-order valence-corrected chi connectivity index (χ3v) is 5.37. The normalized spacial score (nSPS) is 23.4. The van der Waals surface area contributed by atoms with Crippen LogP contribution in [-0.2, 0) is 14.0 Å². The van der Waals surface area contributed by atoms with Crippen molar-refractivity contribution in [1.29, 1.82) is 0 Å². The van der Waals surface area contributed by atoms with E-state index in [-0.39, 0.29) is 11.2 Å². The summed E-state index contributed by atoms with van der Waals surface area (Å²) in [6.45, 7) is 10.5. The molecule has 6 heteroatoms. The summed E-state index contributed by atoms with van der Waals surface area (Å²) in [5.41, 5.74) is 7.01. The molecular formula is C18H28BNO4. The summed E-state index contributed by atoms with van der Waals surface area (Å²) in [5.74, 6) is 1.27. The van der Waals surface area contributed by atoms with Crippen molar-refractivity contribution in [1.82, 2.24) is 0 Å². The lowest BCUT2D eigenvalue weighted by atomic mass is 9.79. The highest BCUT2D eigenvalue weighted by Crippen LogP contribution is 2.36. The lowest BCUT2D eigenvalue weighted by Crippen LogP contribution is -2.41. The van der Waals surface area contributed by atoms with Crippen molar-refractivity contribution in [2.24, 2.45) is 5.92 Å². The Labute approximate surface area is 144 Å². The monoisotopic (exact) mass is 333 g/mol. The van der Waals surface area contributed by atoms with Gasteiger partial charge in [0.2, 0.25) is 0 Å². The Morgan fingerprint density at radius 1 is 1.12 bits per heavy atom. The highest BCUT2D eigenvalue weighted by Gasteiger charge is 2.51. The van der Waals surface area contributed by atoms with Crippen LogP contribution in [0.25, 0.3) is 0 Å². The molecular weight excluding hydrogens is 305 g/mol. The van der Waals surface area contributed by atoms with Crippen molar-refractivity contribution in [2.75, 3.05) is 25.6 Å². The molecule has 2 aliphatic heterocycles. The first-order valence-electron chi connectivity index (χ1n) is 8.74. The molecule has 0 bridgehead atoms. The number of anilines is 1. The van der Waals surface area contributed by atoms with Crippen molar-refractivity contribution in [3.05, 3.63) is 18.2 Å². The molecule has 2 saturated heterocycles. The fourth-order valence-corrected chi connectivity index (χ4v) is 2.94. The molecule has 1 aromatic rings. The zero-order valence-electron chi connectivity index (χ0n) is 15.1. The van der Waals surface area contributed by atoms with E-state index >= 15 is 0 Å². The van der Waals surface area contributed by atoms with E-state index < -0.39 is 7.12 Å². The van der Waals surface area contributed by atoms with Gasteiger partial charge in [-0.3, -0.25) is 0 Å². The minimum atomic E-state index is -0.401. The van der Waals surface area contributed by atoms with Crippen LogP contribution >= 0.6 is 0 Å². The molecule has 24 heavy (non-hydrogen) atoms. The number of rotatable bonds is 4. The van der Waals surface area contributed by atoms with E-state index in [2.05, 4.69) is 0 Å². The predicted octanol–water partition coefficient (Wildman–Crippen LogP) is 2.37. The highest BCUT2D eigenvalue weighted by atomic mass is 16.7. The van der Waals surface area contributed by atoms with Gasteiger partial charge in [-0.2, -0.15) is 0 Å². The van der Waals surface area contributed by atoms with Crippen molar-refractivity contribution in [2.45, 2.75) is 51.7 Å². The Kier molecular flexibility index (Phi) is 4.82. The first kappa shape index (κ1) is 17.6. The van der Waals surface area contributed by atoms with Crippen LogP contribution in [0.4, 0.5) is 5.69 Å². The van der Waals surface area contributed by atoms with E-state index in [1.54, 1.807) is 0 Å². The number of nitrogens with two attached hydrogens (primary N) is 1. The Morgan fingerprint density at radius 3 is 2.33 bits per heavy atom. The summed E-state index contributed by atoms with van der Waals surface area (Å²) in [5, 5.41) is 0. The highest BCUT2D eigenvalue weighted by molar-refractivity contribution is 6.62. The Morgan fingerprint density at radius 2 is 1.75 bits per heavy atom. The molecule has 2 aliphatic rings. The van der Waals surface area contributed by atoms with Gasteiger partial charge >= 0.3 is 7.12 Å². The summed E-state index contributed by atoms with van der Waals surface area (Å²) in [6, 6.07) is 5.77. The maximum absolute atomic E-state index is 6.18. The summed E-state index contributed by atoms with van der Waals surface area (Å²) in [4.78, 5) is 0. The van der Waals surface area contributed by atoms with Gasteiger partial charge in [-0.15, -0.1) is 0 Å². The number of hydrogen-bond donors (Lipinski definition) is 1. The second-order valence-electron chi connectivity index (χ2n) is 7.75. The predicted molar refractivity (Wildman–Crippen MR) is 95.6 cm³/mol. The first-order valence-corrected chi connectivity index (χ1v) is 8.74. The van der Waals surface area contributed by atoms with Crippen molar-refractivity contribution < 1.29 is 18.8 Å².